The van der Waals surface area contributed by atoms with Crippen LogP contribution in [0.5, 0.6) is 0 Å². The second-order valence-corrected chi connectivity index (χ2v) is 4.64. The molecule has 2 N–H and O–H groups in total. The molecule has 0 radical (unpaired) electrons. The van der Waals surface area contributed by atoms with Gasteiger partial charge in [0.25, 0.3) is 0 Å². The van der Waals surface area contributed by atoms with Gasteiger partial charge in [-0.15, -0.1) is 0 Å². The molecule has 1 aromatic heterocycles. The van der Waals surface area contributed by atoms with E-state index in [-0.39, 0.29) is 0 Å². The molecule has 1 aromatic rings. The number of nitrogens with zero attached hydrogens (tertiary/aromatic N) is 2. The summed E-state index contributed by atoms with van der Waals surface area (Å²) in [6.45, 7) is 0.628. The lowest BCUT2D eigenvalue weighted by Gasteiger charge is -2.10. The van der Waals surface area contributed by atoms with Gasteiger partial charge in [0.1, 0.15) is 5.82 Å². The highest BCUT2D eigenvalue weighted by Gasteiger charge is 2.23. The Bertz CT molecular complexity index is 340. The molecule has 0 amide bonds. The largest absolute Gasteiger partial charge is 0.333 e. The van der Waals surface area contributed by atoms with Crippen LogP contribution < -0.4 is 5.73 Å². The van der Waals surface area contributed by atoms with E-state index in [1.807, 2.05) is 0 Å². The van der Waals surface area contributed by atoms with Crippen molar-refractivity contribution in [3.63, 3.8) is 0 Å². The van der Waals surface area contributed by atoms with Crippen molar-refractivity contribution in [1.29, 1.82) is 0 Å². The lowest BCUT2D eigenvalue weighted by atomic mass is 10.1. The first-order valence-corrected chi connectivity index (χ1v) is 6.03. The molecule has 0 bridgehead atoms. The van der Waals surface area contributed by atoms with Crippen molar-refractivity contribution in [3.05, 3.63) is 16.7 Å². The predicted octanol–water partition coefficient (Wildman–Crippen LogP) is 2.23. The molecule has 1 heterocycles. The Morgan fingerprint density at radius 1 is 1.47 bits per heavy atom. The first kappa shape index (κ1) is 11.0. The maximum atomic E-state index is 6.12. The van der Waals surface area contributed by atoms with Crippen LogP contribution in [-0.2, 0) is 13.5 Å². The molecule has 0 atom stereocenters. The number of hydrogen-bond acceptors (Lipinski definition) is 2. The Kier molecular flexibility index (Phi) is 3.32. The molecular formula is C11H18ClN3. The van der Waals surface area contributed by atoms with Crippen LogP contribution in [0.15, 0.2) is 0 Å². The van der Waals surface area contributed by atoms with Crippen molar-refractivity contribution in [2.75, 3.05) is 6.54 Å². The molecule has 3 nitrogen and oxygen atoms in total. The third-order valence-electron chi connectivity index (χ3n) is 3.30. The van der Waals surface area contributed by atoms with Gasteiger partial charge in [-0.25, -0.2) is 4.98 Å². The van der Waals surface area contributed by atoms with Gasteiger partial charge in [0.15, 0.2) is 5.15 Å². The molecule has 1 saturated carbocycles. The van der Waals surface area contributed by atoms with E-state index in [1.165, 1.54) is 25.7 Å². The smallest absolute Gasteiger partial charge is 0.150 e. The minimum Gasteiger partial charge on any atom is -0.333 e. The molecule has 0 unspecified atom stereocenters. The van der Waals surface area contributed by atoms with Crippen LogP contribution in [0.1, 0.15) is 43.1 Å². The Morgan fingerprint density at radius 3 is 2.73 bits per heavy atom. The fourth-order valence-electron chi connectivity index (χ4n) is 2.47. The van der Waals surface area contributed by atoms with Crippen LogP contribution in [0.3, 0.4) is 0 Å². The summed E-state index contributed by atoms with van der Waals surface area (Å²) in [6.07, 6.45) is 5.96. The zero-order valence-electron chi connectivity index (χ0n) is 9.17. The lowest BCUT2D eigenvalue weighted by molar-refractivity contribution is 0.621. The zero-order chi connectivity index (χ0) is 10.8. The molecule has 1 fully saturated rings. The molecule has 84 valence electrons. The monoisotopic (exact) mass is 227 g/mol. The van der Waals surface area contributed by atoms with E-state index in [9.17, 15) is 0 Å². The van der Waals surface area contributed by atoms with Gasteiger partial charge in [0.05, 0.1) is 5.69 Å². The second kappa shape index (κ2) is 4.54. The van der Waals surface area contributed by atoms with E-state index < -0.39 is 0 Å². The Morgan fingerprint density at radius 2 is 2.13 bits per heavy atom. The van der Waals surface area contributed by atoms with Crippen molar-refractivity contribution in [1.82, 2.24) is 9.55 Å². The fourth-order valence-corrected chi connectivity index (χ4v) is 2.78. The highest BCUT2D eigenvalue weighted by molar-refractivity contribution is 6.30. The molecule has 2 rings (SSSR count). The summed E-state index contributed by atoms with van der Waals surface area (Å²) in [5.74, 6) is 1.76. The van der Waals surface area contributed by atoms with Gasteiger partial charge in [-0.3, -0.25) is 0 Å². The number of hydrogen-bond donors (Lipinski definition) is 1. The Labute approximate surface area is 95.6 Å². The highest BCUT2D eigenvalue weighted by Crippen LogP contribution is 2.34. The topological polar surface area (TPSA) is 43.8 Å². The average molecular weight is 228 g/mol. The van der Waals surface area contributed by atoms with Gasteiger partial charge < -0.3 is 10.3 Å². The van der Waals surface area contributed by atoms with Crippen molar-refractivity contribution < 1.29 is 0 Å². The number of halogens is 1. The summed E-state index contributed by atoms with van der Waals surface area (Å²) < 4.78 is 2.14. The Balaban J connectivity index is 2.27. The van der Waals surface area contributed by atoms with Gasteiger partial charge in [-0.1, -0.05) is 24.4 Å². The van der Waals surface area contributed by atoms with E-state index in [0.29, 0.717) is 17.6 Å². The van der Waals surface area contributed by atoms with Crippen LogP contribution in [0.4, 0.5) is 0 Å². The third-order valence-corrected chi connectivity index (χ3v) is 3.60. The zero-order valence-corrected chi connectivity index (χ0v) is 9.93. The SMILES string of the molecule is Cn1c(C2CCCC2)nc(Cl)c1CCN. The minimum absolute atomic E-state index is 0.610. The summed E-state index contributed by atoms with van der Waals surface area (Å²) >= 11 is 6.12. The average Bonchev–Trinajstić information content (AvgIpc) is 2.81. The van der Waals surface area contributed by atoms with Crippen molar-refractivity contribution in [2.24, 2.45) is 12.8 Å². The Hall–Kier alpha value is -0.540. The summed E-state index contributed by atoms with van der Waals surface area (Å²) in [7, 11) is 2.05. The highest BCUT2D eigenvalue weighted by atomic mass is 35.5. The number of rotatable bonds is 3. The van der Waals surface area contributed by atoms with E-state index in [1.54, 1.807) is 0 Å². The minimum atomic E-state index is 0.610. The van der Waals surface area contributed by atoms with Gasteiger partial charge in [0.2, 0.25) is 0 Å². The molecule has 0 spiro atoms. The molecule has 0 aliphatic heterocycles. The number of imidazole rings is 1. The maximum Gasteiger partial charge on any atom is 0.150 e. The summed E-state index contributed by atoms with van der Waals surface area (Å²) in [5.41, 5.74) is 6.65. The van der Waals surface area contributed by atoms with E-state index in [2.05, 4.69) is 16.6 Å². The summed E-state index contributed by atoms with van der Waals surface area (Å²) in [4.78, 5) is 4.48. The molecule has 0 aromatic carbocycles. The molecule has 1 aliphatic carbocycles. The molecule has 0 saturated heterocycles. The number of aromatic nitrogens is 2. The van der Waals surface area contributed by atoms with Crippen molar-refractivity contribution in [3.8, 4) is 0 Å². The van der Waals surface area contributed by atoms with Gasteiger partial charge >= 0.3 is 0 Å². The van der Waals surface area contributed by atoms with E-state index in [4.69, 9.17) is 17.3 Å². The molecular weight excluding hydrogens is 210 g/mol. The van der Waals surface area contributed by atoms with Gasteiger partial charge in [0, 0.05) is 19.4 Å². The fraction of sp³-hybridized carbons (Fsp3) is 0.727. The molecule has 1 aliphatic rings. The maximum absolute atomic E-state index is 6.12. The van der Waals surface area contributed by atoms with Crippen LogP contribution in [0.25, 0.3) is 0 Å². The normalized spacial score (nSPS) is 17.5. The summed E-state index contributed by atoms with van der Waals surface area (Å²) in [6, 6.07) is 0. The number of nitrogens with two attached hydrogens (primary N) is 1. The van der Waals surface area contributed by atoms with Crippen LogP contribution in [-0.4, -0.2) is 16.1 Å². The van der Waals surface area contributed by atoms with Crippen LogP contribution >= 0.6 is 11.6 Å². The van der Waals surface area contributed by atoms with Crippen molar-refractivity contribution in [2.45, 2.75) is 38.0 Å². The predicted molar refractivity (Wildman–Crippen MR) is 62.2 cm³/mol. The van der Waals surface area contributed by atoms with Crippen LogP contribution in [0.2, 0.25) is 5.15 Å². The van der Waals surface area contributed by atoms with Crippen molar-refractivity contribution >= 4 is 11.6 Å². The van der Waals surface area contributed by atoms with E-state index >= 15 is 0 Å². The quantitative estimate of drug-likeness (QED) is 0.861. The third kappa shape index (κ3) is 2.04. The van der Waals surface area contributed by atoms with Gasteiger partial charge in [-0.2, -0.15) is 0 Å². The first-order chi connectivity index (χ1) is 7.24. The molecule has 15 heavy (non-hydrogen) atoms. The summed E-state index contributed by atoms with van der Waals surface area (Å²) in [5, 5.41) is 0.643. The van der Waals surface area contributed by atoms with Gasteiger partial charge in [-0.05, 0) is 19.4 Å². The molecule has 4 heteroatoms. The second-order valence-electron chi connectivity index (χ2n) is 4.29. The first-order valence-electron chi connectivity index (χ1n) is 5.65. The van der Waals surface area contributed by atoms with Crippen LogP contribution in [0, 0.1) is 0 Å². The standard InChI is InChI=1S/C11H18ClN3/c1-15-9(6-7-13)10(12)14-11(15)8-4-2-3-5-8/h8H,2-7,13H2,1H3. The lowest BCUT2D eigenvalue weighted by Crippen LogP contribution is -2.09. The van der Waals surface area contributed by atoms with E-state index in [0.717, 1.165) is 17.9 Å².